The largest absolute Gasteiger partial charge is 0.453 e. The molecular formula is C55H59BN2O. The predicted molar refractivity (Wildman–Crippen MR) is 253 cm³/mol. The van der Waals surface area contributed by atoms with Crippen LogP contribution in [0.4, 0.5) is 28.4 Å². The first-order valence-electron chi connectivity index (χ1n) is 21.7. The summed E-state index contributed by atoms with van der Waals surface area (Å²) in [5.74, 6) is 1.86. The van der Waals surface area contributed by atoms with Gasteiger partial charge >= 0.3 is 6.85 Å². The van der Waals surface area contributed by atoms with Crippen LogP contribution in [0.3, 0.4) is 0 Å². The van der Waals surface area contributed by atoms with Gasteiger partial charge in [0.15, 0.2) is 5.75 Å². The van der Waals surface area contributed by atoms with Crippen LogP contribution in [0.5, 0.6) is 11.5 Å². The summed E-state index contributed by atoms with van der Waals surface area (Å²) < 4.78 is 7.21. The molecule has 3 nitrogen and oxygen atoms in total. The Bertz CT molecular complexity index is 2760. The molecule has 6 aromatic carbocycles. The third-order valence-corrected chi connectivity index (χ3v) is 13.8. The molecule has 0 aromatic heterocycles. The second-order valence-corrected chi connectivity index (χ2v) is 22.4. The lowest BCUT2D eigenvalue weighted by molar-refractivity contribution is 0.470. The molecule has 0 N–H and O–H groups in total. The molecule has 0 fully saturated rings. The fourth-order valence-corrected chi connectivity index (χ4v) is 10.3. The Kier molecular flexibility index (Phi) is 7.71. The summed E-state index contributed by atoms with van der Waals surface area (Å²) in [6.07, 6.45) is 0. The zero-order valence-electron chi connectivity index (χ0n) is 37.7. The summed E-state index contributed by atoms with van der Waals surface area (Å²) in [6, 6.07) is 40.3. The van der Waals surface area contributed by atoms with E-state index < -0.39 is 0 Å². The summed E-state index contributed by atoms with van der Waals surface area (Å²) >= 11 is 0. The van der Waals surface area contributed by atoms with Gasteiger partial charge in [0.1, 0.15) is 5.75 Å². The van der Waals surface area contributed by atoms with E-state index in [2.05, 4.69) is 210 Å². The number of fused-ring (bicyclic) bond motifs is 10. The predicted octanol–water partition coefficient (Wildman–Crippen LogP) is 14.0. The maximum Gasteiger partial charge on any atom is 0.333 e. The standard InChI is InChI=1S/C55H59BN2O/c1-51(2,3)32-19-23-36(24-20-32)57-43-28-33(52(4,5)6)21-25-41(43)56-49-44(57)31-40-47(37-17-15-16-18-39(37)55(40,13)14)48(49)38-27-35(54(10,11)12)30-46-50(38)58(56)42-26-22-34(53(7,8)9)29-45(42)59-46/h15-31H,1-14H3. The van der Waals surface area contributed by atoms with E-state index >= 15 is 0 Å². The number of hydrogen-bond acceptors (Lipinski definition) is 3. The number of ether oxygens (including phenoxy) is 1. The van der Waals surface area contributed by atoms with E-state index in [4.69, 9.17) is 4.74 Å². The van der Waals surface area contributed by atoms with Crippen molar-refractivity contribution in [1.82, 2.24) is 0 Å². The molecule has 6 aromatic rings. The van der Waals surface area contributed by atoms with Crippen molar-refractivity contribution in [3.8, 4) is 33.8 Å². The van der Waals surface area contributed by atoms with Gasteiger partial charge in [-0.1, -0.05) is 152 Å². The van der Waals surface area contributed by atoms with E-state index in [1.165, 1.54) is 89.3 Å². The molecule has 0 atom stereocenters. The van der Waals surface area contributed by atoms with E-state index in [9.17, 15) is 0 Å². The number of anilines is 5. The first kappa shape index (κ1) is 38.0. The summed E-state index contributed by atoms with van der Waals surface area (Å²) in [5, 5.41) is 0. The highest BCUT2D eigenvalue weighted by molar-refractivity contribution is 6.94. The van der Waals surface area contributed by atoms with Crippen molar-refractivity contribution in [2.45, 2.75) is 124 Å². The van der Waals surface area contributed by atoms with E-state index in [0.29, 0.717) is 0 Å². The fraction of sp³-hybridized carbons (Fsp3) is 0.345. The van der Waals surface area contributed by atoms with Crippen LogP contribution in [0.15, 0.2) is 103 Å². The summed E-state index contributed by atoms with van der Waals surface area (Å²) in [7, 11) is 0. The zero-order chi connectivity index (χ0) is 41.9. The Morgan fingerprint density at radius 3 is 1.75 bits per heavy atom. The van der Waals surface area contributed by atoms with Crippen molar-refractivity contribution < 1.29 is 4.74 Å². The molecule has 59 heavy (non-hydrogen) atoms. The van der Waals surface area contributed by atoms with E-state index in [0.717, 1.165) is 17.2 Å². The number of nitrogens with zero attached hydrogens (tertiary/aromatic N) is 2. The van der Waals surface area contributed by atoms with E-state index in [1.807, 2.05) is 0 Å². The molecule has 4 heteroatoms. The van der Waals surface area contributed by atoms with Crippen LogP contribution in [0.2, 0.25) is 0 Å². The van der Waals surface area contributed by atoms with Crippen molar-refractivity contribution in [3.05, 3.63) is 137 Å². The van der Waals surface area contributed by atoms with Gasteiger partial charge in [0.25, 0.3) is 0 Å². The van der Waals surface area contributed by atoms with Crippen LogP contribution in [0.25, 0.3) is 22.3 Å². The van der Waals surface area contributed by atoms with Gasteiger partial charge in [-0.2, -0.15) is 0 Å². The quantitative estimate of drug-likeness (QED) is 0.155. The van der Waals surface area contributed by atoms with Crippen molar-refractivity contribution in [1.29, 1.82) is 0 Å². The Hall–Kier alpha value is -5.22. The minimum Gasteiger partial charge on any atom is -0.453 e. The molecule has 0 bridgehead atoms. The highest BCUT2D eigenvalue weighted by Crippen LogP contribution is 2.61. The lowest BCUT2D eigenvalue weighted by Crippen LogP contribution is -2.62. The zero-order valence-corrected chi connectivity index (χ0v) is 37.7. The maximum atomic E-state index is 7.21. The van der Waals surface area contributed by atoms with Crippen molar-refractivity contribution in [2.75, 3.05) is 9.71 Å². The number of benzene rings is 6. The van der Waals surface area contributed by atoms with E-state index in [-0.39, 0.29) is 33.9 Å². The normalized spacial score (nSPS) is 15.8. The van der Waals surface area contributed by atoms with Gasteiger partial charge in [-0.3, -0.25) is 0 Å². The van der Waals surface area contributed by atoms with Crippen LogP contribution in [0.1, 0.15) is 130 Å². The number of hydrogen-bond donors (Lipinski definition) is 0. The molecule has 0 radical (unpaired) electrons. The second kappa shape index (κ2) is 12.0. The van der Waals surface area contributed by atoms with Crippen LogP contribution >= 0.6 is 0 Å². The van der Waals surface area contributed by atoms with Gasteiger partial charge < -0.3 is 14.4 Å². The van der Waals surface area contributed by atoms with Crippen LogP contribution in [-0.2, 0) is 27.1 Å². The third kappa shape index (κ3) is 5.47. The van der Waals surface area contributed by atoms with Gasteiger partial charge in [0, 0.05) is 28.0 Å². The van der Waals surface area contributed by atoms with Crippen molar-refractivity contribution in [3.63, 3.8) is 0 Å². The molecule has 0 amide bonds. The van der Waals surface area contributed by atoms with Gasteiger partial charge in [-0.15, -0.1) is 0 Å². The molecule has 0 saturated heterocycles. The van der Waals surface area contributed by atoms with Gasteiger partial charge in [0.05, 0.1) is 11.4 Å². The Balaban J connectivity index is 1.39. The van der Waals surface area contributed by atoms with E-state index in [1.54, 1.807) is 0 Å². The van der Waals surface area contributed by atoms with Gasteiger partial charge in [0.2, 0.25) is 0 Å². The minimum atomic E-state index is -0.201. The first-order valence-corrected chi connectivity index (χ1v) is 21.7. The fourth-order valence-electron chi connectivity index (χ4n) is 10.3. The average molecular weight is 775 g/mol. The Labute approximate surface area is 353 Å². The summed E-state index contributed by atoms with van der Waals surface area (Å²) in [5.41, 5.74) is 21.6. The molecule has 3 heterocycles. The molecule has 10 rings (SSSR count). The van der Waals surface area contributed by atoms with Crippen LogP contribution < -0.4 is 25.4 Å². The summed E-state index contributed by atoms with van der Waals surface area (Å²) in [4.78, 5) is 5.26. The second-order valence-electron chi connectivity index (χ2n) is 22.4. The third-order valence-electron chi connectivity index (χ3n) is 13.8. The topological polar surface area (TPSA) is 15.7 Å². The molecule has 0 unspecified atom stereocenters. The van der Waals surface area contributed by atoms with Crippen molar-refractivity contribution >= 4 is 46.2 Å². The molecule has 4 aliphatic rings. The molecule has 298 valence electrons. The molecule has 0 saturated carbocycles. The monoisotopic (exact) mass is 774 g/mol. The smallest absolute Gasteiger partial charge is 0.333 e. The molecule has 1 aliphatic carbocycles. The Morgan fingerprint density at radius 1 is 0.492 bits per heavy atom. The SMILES string of the molecule is CC(C)(C)c1ccc(N2c3cc(C(C)(C)C)ccc3B3c4c2cc2c(c4-c4cc(C(C)(C)C)cc5c4N3c3ccc(C(C)(C)C)cc3O5)-c3ccccc3C2(C)C)cc1. The first-order chi connectivity index (χ1) is 27.5. The van der Waals surface area contributed by atoms with Crippen LogP contribution in [0, 0.1) is 0 Å². The minimum absolute atomic E-state index is 0.0245. The van der Waals surface area contributed by atoms with Crippen molar-refractivity contribution in [2.24, 2.45) is 0 Å². The Morgan fingerprint density at radius 2 is 1.08 bits per heavy atom. The van der Waals surface area contributed by atoms with Crippen LogP contribution in [-0.4, -0.2) is 6.85 Å². The average Bonchev–Trinajstić information content (AvgIpc) is 3.39. The van der Waals surface area contributed by atoms with Gasteiger partial charge in [-0.25, -0.2) is 0 Å². The molecular weight excluding hydrogens is 715 g/mol. The molecule has 0 spiro atoms. The molecule has 3 aliphatic heterocycles. The lowest BCUT2D eigenvalue weighted by Gasteiger charge is -2.49. The maximum absolute atomic E-state index is 7.21. The number of rotatable bonds is 1. The van der Waals surface area contributed by atoms with Gasteiger partial charge in [-0.05, 0) is 131 Å². The summed E-state index contributed by atoms with van der Waals surface area (Å²) in [6.45, 7) is 32.5. The highest BCUT2D eigenvalue weighted by Gasteiger charge is 2.52. The highest BCUT2D eigenvalue weighted by atomic mass is 16.5. The lowest BCUT2D eigenvalue weighted by atomic mass is 9.42.